The molecule has 21 heavy (non-hydrogen) atoms. The Kier molecular flexibility index (Phi) is 6.88. The third kappa shape index (κ3) is 4.08. The van der Waals surface area contributed by atoms with E-state index in [4.69, 9.17) is 11.6 Å². The van der Waals surface area contributed by atoms with E-state index in [0.29, 0.717) is 5.56 Å². The van der Waals surface area contributed by atoms with Gasteiger partial charge in [0.15, 0.2) is 0 Å². The smallest absolute Gasteiger partial charge is 0.146 e. The van der Waals surface area contributed by atoms with Gasteiger partial charge >= 0.3 is 0 Å². The summed E-state index contributed by atoms with van der Waals surface area (Å²) in [6.45, 7) is 7.33. The second kappa shape index (κ2) is 7.75. The van der Waals surface area contributed by atoms with E-state index in [1.54, 1.807) is 18.2 Å². The lowest BCUT2D eigenvalue weighted by Gasteiger charge is -2.43. The minimum Gasteiger partial charge on any atom is -0.396 e. The topological polar surface area (TPSA) is 35.5 Å². The zero-order chi connectivity index (χ0) is 14.8. The maximum atomic E-state index is 14.4. The van der Waals surface area contributed by atoms with Crippen LogP contribution in [0.2, 0.25) is 5.02 Å². The predicted octanol–water partition coefficient (Wildman–Crippen LogP) is 2.87. The largest absolute Gasteiger partial charge is 0.396 e. The fraction of sp³-hybridized carbons (Fsp3) is 0.600. The Morgan fingerprint density at radius 3 is 2.57 bits per heavy atom. The molecule has 1 heterocycles. The van der Waals surface area contributed by atoms with Crippen LogP contribution >= 0.6 is 24.0 Å². The van der Waals surface area contributed by atoms with Gasteiger partial charge in [0, 0.05) is 49.8 Å². The average Bonchev–Trinajstić information content (AvgIpc) is 2.45. The molecule has 1 saturated heterocycles. The number of aliphatic hydroxyl groups excluding tert-OH is 1. The van der Waals surface area contributed by atoms with E-state index >= 15 is 0 Å². The summed E-state index contributed by atoms with van der Waals surface area (Å²) in [5.74, 6) is -0.376. The zero-order valence-corrected chi connectivity index (χ0v) is 14.0. The Balaban J connectivity index is 0.00000220. The fourth-order valence-electron chi connectivity index (χ4n) is 2.87. The molecule has 1 aliphatic heterocycles. The van der Waals surface area contributed by atoms with Crippen LogP contribution in [0.4, 0.5) is 4.39 Å². The molecule has 0 saturated carbocycles. The molecule has 1 aromatic rings. The monoisotopic (exact) mass is 336 g/mol. The Hall–Kier alpha value is -0.390. The van der Waals surface area contributed by atoms with Crippen molar-refractivity contribution in [3.8, 4) is 0 Å². The number of hydrogen-bond acceptors (Lipinski definition) is 3. The normalized spacial score (nSPS) is 18.1. The van der Waals surface area contributed by atoms with Gasteiger partial charge in [-0.15, -0.1) is 12.4 Å². The highest BCUT2D eigenvalue weighted by Gasteiger charge is 2.37. The van der Waals surface area contributed by atoms with Gasteiger partial charge in [-0.1, -0.05) is 37.6 Å². The number of benzene rings is 1. The maximum Gasteiger partial charge on any atom is 0.146 e. The van der Waals surface area contributed by atoms with Crippen LogP contribution < -0.4 is 5.32 Å². The molecule has 1 aliphatic rings. The molecule has 1 atom stereocenters. The van der Waals surface area contributed by atoms with Crippen molar-refractivity contribution < 1.29 is 9.50 Å². The second-order valence-corrected chi connectivity index (χ2v) is 6.39. The first-order chi connectivity index (χ1) is 9.47. The van der Waals surface area contributed by atoms with Crippen LogP contribution in [0, 0.1) is 11.2 Å². The van der Waals surface area contributed by atoms with Gasteiger partial charge in [0.1, 0.15) is 5.82 Å². The van der Waals surface area contributed by atoms with Crippen molar-refractivity contribution in [2.45, 2.75) is 19.9 Å². The first-order valence-corrected chi connectivity index (χ1v) is 7.34. The number of piperazine rings is 1. The second-order valence-electron chi connectivity index (χ2n) is 5.98. The van der Waals surface area contributed by atoms with Crippen LogP contribution in [0.15, 0.2) is 18.2 Å². The summed E-state index contributed by atoms with van der Waals surface area (Å²) < 4.78 is 14.4. The van der Waals surface area contributed by atoms with Crippen molar-refractivity contribution in [2.75, 3.05) is 32.8 Å². The Morgan fingerprint density at radius 2 is 2.00 bits per heavy atom. The zero-order valence-electron chi connectivity index (χ0n) is 12.4. The van der Waals surface area contributed by atoms with Crippen molar-refractivity contribution in [3.05, 3.63) is 34.6 Å². The summed E-state index contributed by atoms with van der Waals surface area (Å²) in [5.41, 5.74) is 0.126. The molecule has 0 spiro atoms. The highest BCUT2D eigenvalue weighted by molar-refractivity contribution is 6.30. The van der Waals surface area contributed by atoms with Crippen LogP contribution in [0.25, 0.3) is 0 Å². The van der Waals surface area contributed by atoms with Crippen LogP contribution in [0.3, 0.4) is 0 Å². The molecule has 6 heteroatoms. The molecule has 0 bridgehead atoms. The summed E-state index contributed by atoms with van der Waals surface area (Å²) in [5, 5.41) is 13.1. The summed E-state index contributed by atoms with van der Waals surface area (Å²) >= 11 is 5.92. The molecule has 2 rings (SSSR count). The number of nitrogens with zero attached hydrogens (tertiary/aromatic N) is 1. The summed E-state index contributed by atoms with van der Waals surface area (Å²) in [7, 11) is 0. The van der Waals surface area contributed by atoms with Gasteiger partial charge in [-0.25, -0.2) is 4.39 Å². The molecule has 0 aliphatic carbocycles. The van der Waals surface area contributed by atoms with E-state index in [9.17, 15) is 9.50 Å². The van der Waals surface area contributed by atoms with Crippen LogP contribution in [0.5, 0.6) is 0 Å². The van der Waals surface area contributed by atoms with Gasteiger partial charge in [-0.05, 0) is 6.07 Å². The Labute approximate surface area is 136 Å². The van der Waals surface area contributed by atoms with Gasteiger partial charge in [0.2, 0.25) is 0 Å². The summed E-state index contributed by atoms with van der Waals surface area (Å²) in [4.78, 5) is 2.22. The summed E-state index contributed by atoms with van der Waals surface area (Å²) in [6, 6.07) is 4.91. The molecule has 0 aromatic heterocycles. The van der Waals surface area contributed by atoms with E-state index in [0.717, 1.165) is 26.2 Å². The van der Waals surface area contributed by atoms with E-state index < -0.39 is 5.41 Å². The first kappa shape index (κ1) is 18.7. The van der Waals surface area contributed by atoms with Crippen molar-refractivity contribution in [3.63, 3.8) is 0 Å². The molecular formula is C15H23Cl2FN2O. The molecule has 3 nitrogen and oxygen atoms in total. The molecule has 2 N–H and O–H groups in total. The number of aliphatic hydroxyl groups is 1. The Bertz CT molecular complexity index is 465. The number of nitrogens with one attached hydrogen (secondary N) is 1. The van der Waals surface area contributed by atoms with Crippen LogP contribution in [-0.4, -0.2) is 42.8 Å². The van der Waals surface area contributed by atoms with Crippen molar-refractivity contribution >= 4 is 24.0 Å². The molecule has 0 unspecified atom stereocenters. The van der Waals surface area contributed by atoms with Crippen molar-refractivity contribution in [2.24, 2.45) is 5.41 Å². The maximum absolute atomic E-state index is 14.4. The van der Waals surface area contributed by atoms with Crippen LogP contribution in [-0.2, 0) is 0 Å². The Morgan fingerprint density at radius 1 is 1.38 bits per heavy atom. The fourth-order valence-corrected chi connectivity index (χ4v) is 3.05. The summed E-state index contributed by atoms with van der Waals surface area (Å²) in [6.07, 6.45) is 0. The molecule has 0 amide bonds. The van der Waals surface area contributed by atoms with Gasteiger partial charge in [0.25, 0.3) is 0 Å². The molecule has 0 radical (unpaired) electrons. The minimum absolute atomic E-state index is 0. The lowest BCUT2D eigenvalue weighted by atomic mass is 9.79. The number of halogens is 3. The van der Waals surface area contributed by atoms with E-state index in [2.05, 4.69) is 10.2 Å². The lowest BCUT2D eigenvalue weighted by Crippen LogP contribution is -2.49. The average molecular weight is 337 g/mol. The standard InChI is InChI=1S/C15H22ClFN2O.ClH/c1-15(2,10-20)14(19-8-6-18-7-9-19)11-4-3-5-12(16)13(11)17;/h3-5,14,18,20H,6-10H2,1-2H3;1H/t14-;/m0./s1. The van der Waals surface area contributed by atoms with Gasteiger partial charge in [-0.2, -0.15) is 0 Å². The third-order valence-corrected chi connectivity index (χ3v) is 4.23. The van der Waals surface area contributed by atoms with Gasteiger partial charge in [-0.3, -0.25) is 4.90 Å². The van der Waals surface area contributed by atoms with E-state index in [-0.39, 0.29) is 35.9 Å². The molecular weight excluding hydrogens is 314 g/mol. The highest BCUT2D eigenvalue weighted by atomic mass is 35.5. The number of hydrogen-bond donors (Lipinski definition) is 2. The lowest BCUT2D eigenvalue weighted by molar-refractivity contribution is 0.0286. The van der Waals surface area contributed by atoms with Crippen LogP contribution in [0.1, 0.15) is 25.5 Å². The molecule has 1 aromatic carbocycles. The number of rotatable bonds is 4. The predicted molar refractivity (Wildman–Crippen MR) is 86.7 cm³/mol. The van der Waals surface area contributed by atoms with E-state index in [1.807, 2.05) is 13.8 Å². The van der Waals surface area contributed by atoms with Gasteiger partial charge < -0.3 is 10.4 Å². The third-order valence-electron chi connectivity index (χ3n) is 3.94. The minimum atomic E-state index is -0.442. The highest BCUT2D eigenvalue weighted by Crippen LogP contribution is 2.40. The first-order valence-electron chi connectivity index (χ1n) is 6.97. The van der Waals surface area contributed by atoms with E-state index in [1.165, 1.54) is 0 Å². The molecule has 1 fully saturated rings. The van der Waals surface area contributed by atoms with Gasteiger partial charge in [0.05, 0.1) is 5.02 Å². The SMILES string of the molecule is CC(C)(CO)[C@H](c1cccc(Cl)c1F)N1CCNCC1.Cl. The van der Waals surface area contributed by atoms with Crippen molar-refractivity contribution in [1.82, 2.24) is 10.2 Å². The quantitative estimate of drug-likeness (QED) is 0.887. The van der Waals surface area contributed by atoms with Crippen molar-refractivity contribution in [1.29, 1.82) is 0 Å². The molecule has 120 valence electrons.